The van der Waals surface area contributed by atoms with Crippen molar-refractivity contribution in [2.24, 2.45) is 52.3 Å². The fraction of sp³-hybridized carbons (Fsp3) is 0.529. The minimum Gasteiger partial charge on any atom is -0.457 e. The summed E-state index contributed by atoms with van der Waals surface area (Å²) >= 11 is 0. The number of nitrogen functional groups attached to an aromatic ring is 2. The van der Waals surface area contributed by atoms with Crippen LogP contribution in [0, 0.1) is 52.3 Å². The van der Waals surface area contributed by atoms with Gasteiger partial charge in [0, 0.05) is 16.8 Å². The van der Waals surface area contributed by atoms with Gasteiger partial charge in [0.25, 0.3) is 0 Å². The molecule has 0 radical (unpaired) electrons. The van der Waals surface area contributed by atoms with Gasteiger partial charge in [-0.05, 0) is 194 Å². The molecule has 4 heteroatoms. The SMILES string of the molecule is CC(C)CCCC(C)C1CCC2C3CCC4CC(c5ccc(Oc6ccc(N)cc6)cc5)(c5cccc(Oc6ccc(N)cc6)c5)CCC4(C)C3CCC12C. The molecule has 9 atom stereocenters. The minimum atomic E-state index is -0.107. The van der Waals surface area contributed by atoms with Gasteiger partial charge in [-0.3, -0.25) is 0 Å². The first-order valence-corrected chi connectivity index (χ1v) is 21.7. The maximum Gasteiger partial charge on any atom is 0.127 e. The maximum atomic E-state index is 6.46. The summed E-state index contributed by atoms with van der Waals surface area (Å²) < 4.78 is 12.7. The largest absolute Gasteiger partial charge is 0.457 e. The highest BCUT2D eigenvalue weighted by atomic mass is 16.5. The third-order valence-electron chi connectivity index (χ3n) is 16.0. The van der Waals surface area contributed by atoms with Crippen LogP contribution in [-0.4, -0.2) is 0 Å². The van der Waals surface area contributed by atoms with E-state index in [1.54, 1.807) is 0 Å². The monoisotopic (exact) mass is 739 g/mol. The van der Waals surface area contributed by atoms with E-state index in [0.29, 0.717) is 16.7 Å². The van der Waals surface area contributed by atoms with Crippen LogP contribution < -0.4 is 20.9 Å². The normalized spacial score (nSPS) is 31.9. The highest BCUT2D eigenvalue weighted by Crippen LogP contribution is 2.70. The Morgan fingerprint density at radius 1 is 0.600 bits per heavy atom. The number of nitrogens with two attached hydrogens (primary N) is 2. The molecule has 4 N–H and O–H groups in total. The molecule has 0 saturated heterocycles. The van der Waals surface area contributed by atoms with Crippen molar-refractivity contribution >= 4 is 11.4 Å². The van der Waals surface area contributed by atoms with Crippen LogP contribution in [-0.2, 0) is 5.41 Å². The van der Waals surface area contributed by atoms with Crippen molar-refractivity contribution in [2.45, 2.75) is 117 Å². The van der Waals surface area contributed by atoms with Gasteiger partial charge in [-0.15, -0.1) is 0 Å². The Balaban J connectivity index is 1.07. The van der Waals surface area contributed by atoms with Gasteiger partial charge in [0.1, 0.15) is 23.0 Å². The van der Waals surface area contributed by atoms with Gasteiger partial charge in [0.15, 0.2) is 0 Å². The molecule has 9 unspecified atom stereocenters. The molecule has 4 fully saturated rings. The molecule has 0 aliphatic heterocycles. The Morgan fingerprint density at radius 2 is 1.22 bits per heavy atom. The standard InChI is InChI=1S/C51H66N2O2/c1-34(2)8-6-9-35(3)46-26-27-47-45-25-14-38-33-51(31-30-49(38,4)48(45)28-29-50(46,47)5,36-12-19-41(20-13-36)54-42-21-15-39(52)16-22-42)37-10-7-11-44(32-37)55-43-23-17-40(53)18-24-43/h7,10-13,15-24,32,34-35,38,45-48H,6,8-9,14,25-31,33,52-53H2,1-5H3. The highest BCUT2D eigenvalue weighted by molar-refractivity contribution is 5.48. The van der Waals surface area contributed by atoms with Crippen LogP contribution in [0.2, 0.25) is 0 Å². The highest BCUT2D eigenvalue weighted by Gasteiger charge is 2.62. The molecule has 4 aliphatic carbocycles. The Morgan fingerprint density at radius 3 is 1.87 bits per heavy atom. The van der Waals surface area contributed by atoms with Gasteiger partial charge in [-0.2, -0.15) is 0 Å². The van der Waals surface area contributed by atoms with E-state index in [1.807, 2.05) is 48.5 Å². The van der Waals surface area contributed by atoms with Gasteiger partial charge < -0.3 is 20.9 Å². The third kappa shape index (κ3) is 7.28. The molecular weight excluding hydrogens is 673 g/mol. The van der Waals surface area contributed by atoms with E-state index in [-0.39, 0.29) is 5.41 Å². The first-order chi connectivity index (χ1) is 26.5. The Hall–Kier alpha value is -3.92. The summed E-state index contributed by atoms with van der Waals surface area (Å²) in [5.74, 6) is 9.24. The molecule has 0 heterocycles. The molecule has 4 aromatic rings. The summed E-state index contributed by atoms with van der Waals surface area (Å²) in [5.41, 5.74) is 17.0. The van der Waals surface area contributed by atoms with Crippen LogP contribution in [0.4, 0.5) is 11.4 Å². The first-order valence-electron chi connectivity index (χ1n) is 21.7. The van der Waals surface area contributed by atoms with E-state index in [0.717, 1.165) is 76.3 Å². The van der Waals surface area contributed by atoms with Crippen molar-refractivity contribution in [1.82, 2.24) is 0 Å². The number of anilines is 2. The van der Waals surface area contributed by atoms with Gasteiger partial charge in [-0.25, -0.2) is 0 Å². The van der Waals surface area contributed by atoms with Crippen LogP contribution in [0.3, 0.4) is 0 Å². The molecule has 4 aromatic carbocycles. The zero-order valence-electron chi connectivity index (χ0n) is 34.2. The summed E-state index contributed by atoms with van der Waals surface area (Å²) in [6.45, 7) is 12.8. The minimum absolute atomic E-state index is 0.107. The molecule has 4 saturated carbocycles. The van der Waals surface area contributed by atoms with Crippen molar-refractivity contribution in [3.05, 3.63) is 108 Å². The van der Waals surface area contributed by atoms with E-state index in [4.69, 9.17) is 20.9 Å². The molecule has 292 valence electrons. The second-order valence-electron chi connectivity index (χ2n) is 19.4. The van der Waals surface area contributed by atoms with Crippen molar-refractivity contribution in [2.75, 3.05) is 11.5 Å². The third-order valence-corrected chi connectivity index (χ3v) is 16.0. The number of ether oxygens (including phenoxy) is 2. The molecule has 0 amide bonds. The smallest absolute Gasteiger partial charge is 0.127 e. The predicted octanol–water partition coefficient (Wildman–Crippen LogP) is 13.8. The van der Waals surface area contributed by atoms with E-state index in [2.05, 4.69) is 83.1 Å². The van der Waals surface area contributed by atoms with Crippen LogP contribution in [0.5, 0.6) is 23.0 Å². The second kappa shape index (κ2) is 15.2. The maximum absolute atomic E-state index is 6.46. The van der Waals surface area contributed by atoms with Gasteiger partial charge in [0.05, 0.1) is 0 Å². The number of benzene rings is 4. The van der Waals surface area contributed by atoms with Crippen LogP contribution in [0.15, 0.2) is 97.1 Å². The molecule has 4 aliphatic rings. The Bertz CT molecular complexity index is 1900. The van der Waals surface area contributed by atoms with E-state index in [1.165, 1.54) is 81.8 Å². The number of rotatable bonds is 11. The lowest BCUT2D eigenvalue weighted by Crippen LogP contribution is -2.55. The quantitative estimate of drug-likeness (QED) is 0.150. The zero-order valence-corrected chi connectivity index (χ0v) is 34.2. The van der Waals surface area contributed by atoms with E-state index >= 15 is 0 Å². The molecule has 0 aromatic heterocycles. The Labute approximate surface area is 331 Å². The lowest BCUT2D eigenvalue weighted by Gasteiger charge is -2.63. The van der Waals surface area contributed by atoms with Crippen molar-refractivity contribution in [3.8, 4) is 23.0 Å². The summed E-state index contributed by atoms with van der Waals surface area (Å²) in [6, 6.07) is 33.3. The average molecular weight is 739 g/mol. The summed E-state index contributed by atoms with van der Waals surface area (Å²) in [6.07, 6.45) is 16.3. The fourth-order valence-electron chi connectivity index (χ4n) is 13.0. The van der Waals surface area contributed by atoms with Gasteiger partial charge in [-0.1, -0.05) is 78.1 Å². The molecule has 0 bridgehead atoms. The lowest BCUT2D eigenvalue weighted by atomic mass is 9.42. The van der Waals surface area contributed by atoms with Gasteiger partial charge in [0.2, 0.25) is 0 Å². The van der Waals surface area contributed by atoms with E-state index < -0.39 is 0 Å². The van der Waals surface area contributed by atoms with Crippen LogP contribution >= 0.6 is 0 Å². The topological polar surface area (TPSA) is 70.5 Å². The number of fused-ring (bicyclic) bond motifs is 5. The average Bonchev–Trinajstić information content (AvgIpc) is 3.54. The molecular formula is C51H66N2O2. The molecule has 8 rings (SSSR count). The van der Waals surface area contributed by atoms with Crippen LogP contribution in [0.1, 0.15) is 123 Å². The van der Waals surface area contributed by atoms with Gasteiger partial charge >= 0.3 is 0 Å². The Kier molecular flexibility index (Phi) is 10.5. The lowest BCUT2D eigenvalue weighted by molar-refractivity contribution is -0.122. The van der Waals surface area contributed by atoms with Crippen molar-refractivity contribution < 1.29 is 9.47 Å². The molecule has 0 spiro atoms. The number of hydrogen-bond donors (Lipinski definition) is 2. The fourth-order valence-corrected chi connectivity index (χ4v) is 13.0. The summed E-state index contributed by atoms with van der Waals surface area (Å²) in [7, 11) is 0. The predicted molar refractivity (Wildman–Crippen MR) is 229 cm³/mol. The number of hydrogen-bond acceptors (Lipinski definition) is 4. The second-order valence-corrected chi connectivity index (χ2v) is 19.4. The zero-order chi connectivity index (χ0) is 38.4. The molecule has 4 nitrogen and oxygen atoms in total. The summed E-state index contributed by atoms with van der Waals surface area (Å²) in [4.78, 5) is 0. The van der Waals surface area contributed by atoms with E-state index in [9.17, 15) is 0 Å². The summed E-state index contributed by atoms with van der Waals surface area (Å²) in [5, 5.41) is 0. The van der Waals surface area contributed by atoms with Crippen molar-refractivity contribution in [3.63, 3.8) is 0 Å². The van der Waals surface area contributed by atoms with Crippen molar-refractivity contribution in [1.29, 1.82) is 0 Å². The molecule has 55 heavy (non-hydrogen) atoms. The van der Waals surface area contributed by atoms with Crippen LogP contribution in [0.25, 0.3) is 0 Å². The first kappa shape index (κ1) is 38.0.